The third kappa shape index (κ3) is 2.90. The van der Waals surface area contributed by atoms with E-state index in [1.807, 2.05) is 18.9 Å². The number of hydrogen-bond acceptors (Lipinski definition) is 4. The van der Waals surface area contributed by atoms with Crippen molar-refractivity contribution in [1.82, 2.24) is 15.3 Å². The zero-order valence-corrected chi connectivity index (χ0v) is 14.2. The predicted octanol–water partition coefficient (Wildman–Crippen LogP) is 0.958. The van der Waals surface area contributed by atoms with Gasteiger partial charge >= 0.3 is 5.97 Å². The highest BCUT2D eigenvalue weighted by Gasteiger charge is 2.57. The Bertz CT molecular complexity index is 533. The van der Waals surface area contributed by atoms with Gasteiger partial charge in [0.25, 0.3) is 0 Å². The lowest BCUT2D eigenvalue weighted by molar-refractivity contribution is -0.151. The Morgan fingerprint density at radius 1 is 1.04 bits per heavy atom. The van der Waals surface area contributed by atoms with Gasteiger partial charge < -0.3 is 10.0 Å². The minimum atomic E-state index is -0.825. The van der Waals surface area contributed by atoms with Crippen molar-refractivity contribution in [3.63, 3.8) is 0 Å². The topological polar surface area (TPSA) is 72.9 Å². The van der Waals surface area contributed by atoms with Crippen LogP contribution in [0, 0.1) is 23.7 Å². The van der Waals surface area contributed by atoms with Crippen molar-refractivity contribution in [3.05, 3.63) is 11.1 Å². The largest absolute Gasteiger partial charge is 0.481 e. The number of carbonyl (C=O) groups is 2. The summed E-state index contributed by atoms with van der Waals surface area (Å²) in [5.74, 6) is -1.76. The van der Waals surface area contributed by atoms with Gasteiger partial charge in [-0.25, -0.2) is 5.01 Å². The van der Waals surface area contributed by atoms with Crippen molar-refractivity contribution >= 4 is 11.9 Å². The molecule has 0 radical (unpaired) electrons. The van der Waals surface area contributed by atoms with Gasteiger partial charge in [-0.1, -0.05) is 11.1 Å². The predicted molar refractivity (Wildman–Crippen MR) is 86.4 cm³/mol. The van der Waals surface area contributed by atoms with Crippen LogP contribution in [0.1, 0.15) is 26.7 Å². The highest BCUT2D eigenvalue weighted by atomic mass is 16.4. The number of amides is 1. The summed E-state index contributed by atoms with van der Waals surface area (Å²) in [6, 6.07) is 0. The molecule has 3 aliphatic rings. The van der Waals surface area contributed by atoms with Gasteiger partial charge in [-0.2, -0.15) is 0 Å². The smallest absolute Gasteiger partial charge is 0.307 e. The standard InChI is InChI=1S/C17H27N3O3/c1-10(2)13-11-4-5-12(13)15(17(22)23)14(11)16(21)18-20-8-6-19(3)7-9-20/h11-12,14-15H,4-9H2,1-3H3,(H,18,21)(H,22,23)/t11-,12-,14-,15-/m1/s1. The third-order valence-electron chi connectivity index (χ3n) is 5.78. The number of nitrogens with one attached hydrogen (secondary N) is 1. The molecule has 6 nitrogen and oxygen atoms in total. The normalized spacial score (nSPS) is 34.7. The summed E-state index contributed by atoms with van der Waals surface area (Å²) in [4.78, 5) is 26.8. The summed E-state index contributed by atoms with van der Waals surface area (Å²) in [6.45, 7) is 7.49. The van der Waals surface area contributed by atoms with E-state index < -0.39 is 17.8 Å². The van der Waals surface area contributed by atoms with Crippen LogP contribution < -0.4 is 5.43 Å². The molecule has 0 unspecified atom stereocenters. The summed E-state index contributed by atoms with van der Waals surface area (Å²) in [7, 11) is 2.07. The highest BCUT2D eigenvalue weighted by Crippen LogP contribution is 2.57. The van der Waals surface area contributed by atoms with Gasteiger partial charge in [0.1, 0.15) is 0 Å². The van der Waals surface area contributed by atoms with Crippen molar-refractivity contribution in [2.45, 2.75) is 26.7 Å². The van der Waals surface area contributed by atoms with Gasteiger partial charge in [0.05, 0.1) is 11.8 Å². The van der Waals surface area contributed by atoms with Crippen molar-refractivity contribution < 1.29 is 14.7 Å². The maximum absolute atomic E-state index is 12.8. The molecular formula is C17H27N3O3. The SMILES string of the molecule is CC(C)=C1[C@H]2CC[C@H]1[C@@H](C(=O)NN1CCN(C)CC1)[C@@H]2C(=O)O. The molecule has 2 saturated carbocycles. The van der Waals surface area contributed by atoms with E-state index in [4.69, 9.17) is 0 Å². The summed E-state index contributed by atoms with van der Waals surface area (Å²) < 4.78 is 0. The van der Waals surface area contributed by atoms with E-state index >= 15 is 0 Å². The van der Waals surface area contributed by atoms with E-state index in [9.17, 15) is 14.7 Å². The molecule has 4 atom stereocenters. The number of likely N-dealkylation sites (N-methyl/N-ethyl adjacent to an activating group) is 1. The van der Waals surface area contributed by atoms with Crippen molar-refractivity contribution in [2.75, 3.05) is 33.2 Å². The minimum absolute atomic E-state index is 0.0470. The summed E-state index contributed by atoms with van der Waals surface area (Å²) in [6.07, 6.45) is 1.84. The maximum atomic E-state index is 12.8. The zero-order chi connectivity index (χ0) is 16.7. The monoisotopic (exact) mass is 321 g/mol. The van der Waals surface area contributed by atoms with Crippen LogP contribution in [0.4, 0.5) is 0 Å². The van der Waals surface area contributed by atoms with E-state index in [0.29, 0.717) is 0 Å². The Balaban J connectivity index is 1.76. The molecule has 0 aromatic heterocycles. The number of rotatable bonds is 3. The molecule has 3 rings (SSSR count). The molecule has 0 aromatic rings. The Hall–Kier alpha value is -1.40. The van der Waals surface area contributed by atoms with E-state index in [2.05, 4.69) is 17.4 Å². The van der Waals surface area contributed by atoms with E-state index in [1.54, 1.807) is 0 Å². The van der Waals surface area contributed by atoms with Crippen LogP contribution in [0.2, 0.25) is 0 Å². The lowest BCUT2D eigenvalue weighted by Gasteiger charge is -2.34. The van der Waals surface area contributed by atoms with Gasteiger partial charge in [0.2, 0.25) is 5.91 Å². The summed E-state index contributed by atoms with van der Waals surface area (Å²) in [5, 5.41) is 11.6. The first kappa shape index (κ1) is 16.5. The number of carbonyl (C=O) groups excluding carboxylic acids is 1. The molecule has 128 valence electrons. The number of piperazine rings is 1. The second kappa shape index (κ2) is 6.24. The molecule has 2 N–H and O–H groups in total. The van der Waals surface area contributed by atoms with Crippen LogP contribution in [0.3, 0.4) is 0 Å². The van der Waals surface area contributed by atoms with Crippen molar-refractivity contribution in [2.24, 2.45) is 23.7 Å². The van der Waals surface area contributed by atoms with Crippen LogP contribution in [-0.2, 0) is 9.59 Å². The molecule has 0 aromatic carbocycles. The highest BCUT2D eigenvalue weighted by molar-refractivity contribution is 5.87. The van der Waals surface area contributed by atoms with Gasteiger partial charge in [0.15, 0.2) is 0 Å². The number of nitrogens with zero attached hydrogens (tertiary/aromatic N) is 2. The molecule has 6 heteroatoms. The van der Waals surface area contributed by atoms with Crippen LogP contribution in [0.5, 0.6) is 0 Å². The van der Waals surface area contributed by atoms with Gasteiger partial charge in [-0.15, -0.1) is 0 Å². The van der Waals surface area contributed by atoms with Crippen LogP contribution in [-0.4, -0.2) is 60.1 Å². The van der Waals surface area contributed by atoms with E-state index in [1.165, 1.54) is 11.1 Å². The number of carboxylic acid groups (broad SMARTS) is 1. The average molecular weight is 321 g/mol. The Morgan fingerprint density at radius 2 is 1.61 bits per heavy atom. The average Bonchev–Trinajstić information content (AvgIpc) is 3.05. The lowest BCUT2D eigenvalue weighted by atomic mass is 9.79. The van der Waals surface area contributed by atoms with Gasteiger partial charge in [0, 0.05) is 26.2 Å². The molecular weight excluding hydrogens is 294 g/mol. The molecule has 1 heterocycles. The zero-order valence-electron chi connectivity index (χ0n) is 14.2. The van der Waals surface area contributed by atoms with E-state index in [0.717, 1.165) is 39.0 Å². The van der Waals surface area contributed by atoms with Crippen LogP contribution in [0.15, 0.2) is 11.1 Å². The van der Waals surface area contributed by atoms with Crippen molar-refractivity contribution in [1.29, 1.82) is 0 Å². The molecule has 2 aliphatic carbocycles. The first-order chi connectivity index (χ1) is 10.9. The van der Waals surface area contributed by atoms with Gasteiger partial charge in [-0.05, 0) is 45.6 Å². The van der Waals surface area contributed by atoms with Crippen LogP contribution >= 0.6 is 0 Å². The fraction of sp³-hybridized carbons (Fsp3) is 0.765. The number of hydrogen-bond donors (Lipinski definition) is 2. The number of fused-ring (bicyclic) bond motifs is 2. The first-order valence-electron chi connectivity index (χ1n) is 8.54. The van der Waals surface area contributed by atoms with Crippen molar-refractivity contribution in [3.8, 4) is 0 Å². The fourth-order valence-corrected chi connectivity index (χ4v) is 4.75. The number of allylic oxidation sites excluding steroid dienone is 2. The first-order valence-corrected chi connectivity index (χ1v) is 8.54. The Kier molecular flexibility index (Phi) is 4.47. The summed E-state index contributed by atoms with van der Waals surface area (Å²) >= 11 is 0. The molecule has 1 saturated heterocycles. The Labute approximate surface area is 137 Å². The van der Waals surface area contributed by atoms with Gasteiger partial charge in [-0.3, -0.25) is 15.0 Å². The molecule has 3 fully saturated rings. The molecule has 23 heavy (non-hydrogen) atoms. The molecule has 1 aliphatic heterocycles. The minimum Gasteiger partial charge on any atom is -0.481 e. The quantitative estimate of drug-likeness (QED) is 0.758. The summed E-state index contributed by atoms with van der Waals surface area (Å²) in [5.41, 5.74) is 5.42. The molecule has 1 amide bonds. The van der Waals surface area contributed by atoms with E-state index in [-0.39, 0.29) is 17.7 Å². The lowest BCUT2D eigenvalue weighted by Crippen LogP contribution is -2.55. The van der Waals surface area contributed by atoms with Crippen LogP contribution in [0.25, 0.3) is 0 Å². The maximum Gasteiger partial charge on any atom is 0.307 e. The number of aliphatic carboxylic acids is 1. The third-order valence-corrected chi connectivity index (χ3v) is 5.78. The second-order valence-corrected chi connectivity index (χ2v) is 7.40. The Morgan fingerprint density at radius 3 is 2.13 bits per heavy atom. The number of carboxylic acids is 1. The molecule has 2 bridgehead atoms. The molecule has 0 spiro atoms. The number of hydrazine groups is 1. The second-order valence-electron chi connectivity index (χ2n) is 7.40. The fourth-order valence-electron chi connectivity index (χ4n) is 4.75.